The Bertz CT molecular complexity index is 530. The molecule has 108 valence electrons. The Morgan fingerprint density at radius 2 is 2.15 bits per heavy atom. The minimum absolute atomic E-state index is 0.0455. The number of nitrogen functional groups attached to an aromatic ring is 1. The third-order valence-electron chi connectivity index (χ3n) is 3.44. The molecule has 1 fully saturated rings. The number of amides is 2. The van der Waals surface area contributed by atoms with Gasteiger partial charge in [-0.3, -0.25) is 14.5 Å². The molecular weight excluding hydrogens is 256 g/mol. The molecule has 3 N–H and O–H groups in total. The Morgan fingerprint density at radius 1 is 1.40 bits per heavy atom. The number of benzene rings is 1. The zero-order chi connectivity index (χ0) is 14.7. The van der Waals surface area contributed by atoms with Crippen LogP contribution in [0.15, 0.2) is 18.2 Å². The third-order valence-corrected chi connectivity index (χ3v) is 3.44. The SMILES string of the molecule is Cc1ccc(N)cc1NC(=O)CN1CCN(C)C(=O)C1. The maximum Gasteiger partial charge on any atom is 0.238 e. The summed E-state index contributed by atoms with van der Waals surface area (Å²) in [7, 11) is 1.77. The van der Waals surface area contributed by atoms with Crippen LogP contribution in [0.3, 0.4) is 0 Å². The number of carbonyl (C=O) groups excluding carboxylic acids is 2. The van der Waals surface area contributed by atoms with E-state index in [0.29, 0.717) is 25.3 Å². The van der Waals surface area contributed by atoms with Gasteiger partial charge in [0, 0.05) is 31.5 Å². The van der Waals surface area contributed by atoms with Crippen molar-refractivity contribution in [1.82, 2.24) is 9.80 Å². The highest BCUT2D eigenvalue weighted by atomic mass is 16.2. The fourth-order valence-electron chi connectivity index (χ4n) is 2.11. The van der Waals surface area contributed by atoms with Crippen LogP contribution in [0.2, 0.25) is 0 Å². The third kappa shape index (κ3) is 3.48. The lowest BCUT2D eigenvalue weighted by Gasteiger charge is -2.31. The van der Waals surface area contributed by atoms with E-state index < -0.39 is 0 Å². The number of anilines is 2. The van der Waals surface area contributed by atoms with Crippen LogP contribution in [0, 0.1) is 6.92 Å². The Kier molecular flexibility index (Phi) is 4.24. The highest BCUT2D eigenvalue weighted by Gasteiger charge is 2.22. The van der Waals surface area contributed by atoms with E-state index in [9.17, 15) is 9.59 Å². The van der Waals surface area contributed by atoms with Gasteiger partial charge >= 0.3 is 0 Å². The molecule has 1 aliphatic heterocycles. The van der Waals surface area contributed by atoms with Crippen molar-refractivity contribution in [1.29, 1.82) is 0 Å². The number of hydrogen-bond donors (Lipinski definition) is 2. The van der Waals surface area contributed by atoms with Gasteiger partial charge in [0.25, 0.3) is 0 Å². The molecule has 0 radical (unpaired) electrons. The molecule has 1 heterocycles. The highest BCUT2D eigenvalue weighted by Crippen LogP contribution is 2.18. The van der Waals surface area contributed by atoms with E-state index in [1.54, 1.807) is 24.1 Å². The number of rotatable bonds is 3. The van der Waals surface area contributed by atoms with E-state index in [2.05, 4.69) is 5.32 Å². The summed E-state index contributed by atoms with van der Waals surface area (Å²) in [5.74, 6) is -0.0831. The fraction of sp³-hybridized carbons (Fsp3) is 0.429. The molecule has 2 rings (SSSR count). The van der Waals surface area contributed by atoms with Gasteiger partial charge in [0.2, 0.25) is 11.8 Å². The second kappa shape index (κ2) is 5.92. The first-order valence-corrected chi connectivity index (χ1v) is 6.58. The number of piperazine rings is 1. The second-order valence-corrected chi connectivity index (χ2v) is 5.15. The molecule has 1 aromatic rings. The van der Waals surface area contributed by atoms with Gasteiger partial charge in [0.15, 0.2) is 0 Å². The van der Waals surface area contributed by atoms with E-state index in [4.69, 9.17) is 5.73 Å². The summed E-state index contributed by atoms with van der Waals surface area (Å²) in [5.41, 5.74) is 8.00. The van der Waals surface area contributed by atoms with Crippen LogP contribution in [0.25, 0.3) is 0 Å². The van der Waals surface area contributed by atoms with Crippen molar-refractivity contribution in [2.24, 2.45) is 0 Å². The second-order valence-electron chi connectivity index (χ2n) is 5.15. The van der Waals surface area contributed by atoms with Crippen molar-refractivity contribution in [3.63, 3.8) is 0 Å². The number of aryl methyl sites for hydroxylation is 1. The molecule has 6 nitrogen and oxygen atoms in total. The highest BCUT2D eigenvalue weighted by molar-refractivity contribution is 5.93. The number of nitrogens with zero attached hydrogens (tertiary/aromatic N) is 2. The van der Waals surface area contributed by atoms with Crippen molar-refractivity contribution < 1.29 is 9.59 Å². The predicted molar refractivity (Wildman–Crippen MR) is 78.3 cm³/mol. The Hall–Kier alpha value is -2.08. The topological polar surface area (TPSA) is 78.7 Å². The number of nitrogens with two attached hydrogens (primary N) is 1. The minimum Gasteiger partial charge on any atom is -0.399 e. The monoisotopic (exact) mass is 276 g/mol. The molecule has 0 bridgehead atoms. The van der Waals surface area contributed by atoms with Crippen molar-refractivity contribution in [2.75, 3.05) is 44.3 Å². The normalized spacial score (nSPS) is 16.3. The van der Waals surface area contributed by atoms with E-state index >= 15 is 0 Å². The van der Waals surface area contributed by atoms with Crippen LogP contribution >= 0.6 is 0 Å². The molecule has 6 heteroatoms. The van der Waals surface area contributed by atoms with E-state index in [1.165, 1.54) is 0 Å². The van der Waals surface area contributed by atoms with Gasteiger partial charge in [-0.1, -0.05) is 6.07 Å². The summed E-state index contributed by atoms with van der Waals surface area (Å²) in [6.07, 6.45) is 0. The molecule has 0 aliphatic carbocycles. The lowest BCUT2D eigenvalue weighted by Crippen LogP contribution is -2.50. The van der Waals surface area contributed by atoms with Crippen molar-refractivity contribution in [3.8, 4) is 0 Å². The van der Waals surface area contributed by atoms with Gasteiger partial charge < -0.3 is 16.0 Å². The summed E-state index contributed by atoms with van der Waals surface area (Å²) >= 11 is 0. The quantitative estimate of drug-likeness (QED) is 0.778. The first-order valence-electron chi connectivity index (χ1n) is 6.58. The Morgan fingerprint density at radius 3 is 2.85 bits per heavy atom. The molecule has 1 aliphatic rings. The standard InChI is InChI=1S/C14H20N4O2/c1-10-3-4-11(15)7-12(10)16-13(19)8-18-6-5-17(2)14(20)9-18/h3-4,7H,5-6,8-9,15H2,1-2H3,(H,16,19). The molecular formula is C14H20N4O2. The Labute approximate surface area is 118 Å². The molecule has 0 atom stereocenters. The molecule has 0 unspecified atom stereocenters. The maximum absolute atomic E-state index is 12.0. The number of nitrogens with one attached hydrogen (secondary N) is 1. The average molecular weight is 276 g/mol. The molecule has 2 amide bonds. The van der Waals surface area contributed by atoms with Crippen LogP contribution in [0.5, 0.6) is 0 Å². The summed E-state index contributed by atoms with van der Waals surface area (Å²) in [5, 5.41) is 2.84. The van der Waals surface area contributed by atoms with Gasteiger partial charge in [-0.25, -0.2) is 0 Å². The van der Waals surface area contributed by atoms with Crippen molar-refractivity contribution >= 4 is 23.2 Å². The van der Waals surface area contributed by atoms with Crippen LogP contribution < -0.4 is 11.1 Å². The number of carbonyl (C=O) groups is 2. The summed E-state index contributed by atoms with van der Waals surface area (Å²) in [6, 6.07) is 5.40. The summed E-state index contributed by atoms with van der Waals surface area (Å²) in [6.45, 7) is 3.79. The van der Waals surface area contributed by atoms with Crippen LogP contribution in [0.4, 0.5) is 11.4 Å². The van der Waals surface area contributed by atoms with Gasteiger partial charge in [-0.15, -0.1) is 0 Å². The first-order chi connectivity index (χ1) is 9.45. The van der Waals surface area contributed by atoms with Crippen LogP contribution in [-0.4, -0.2) is 54.8 Å². The lowest BCUT2D eigenvalue weighted by molar-refractivity contribution is -0.135. The number of hydrogen-bond acceptors (Lipinski definition) is 4. The zero-order valence-electron chi connectivity index (χ0n) is 11.8. The molecule has 0 spiro atoms. The smallest absolute Gasteiger partial charge is 0.238 e. The van der Waals surface area contributed by atoms with E-state index in [-0.39, 0.29) is 18.4 Å². The zero-order valence-corrected chi connectivity index (χ0v) is 11.8. The Balaban J connectivity index is 1.92. The first kappa shape index (κ1) is 14.3. The van der Waals surface area contributed by atoms with Crippen LogP contribution in [0.1, 0.15) is 5.56 Å². The van der Waals surface area contributed by atoms with E-state index in [0.717, 1.165) is 11.3 Å². The van der Waals surface area contributed by atoms with Gasteiger partial charge in [0.05, 0.1) is 13.1 Å². The lowest BCUT2D eigenvalue weighted by atomic mass is 10.2. The molecule has 1 saturated heterocycles. The van der Waals surface area contributed by atoms with Crippen LogP contribution in [-0.2, 0) is 9.59 Å². The maximum atomic E-state index is 12.0. The van der Waals surface area contributed by atoms with E-state index in [1.807, 2.05) is 17.9 Å². The largest absolute Gasteiger partial charge is 0.399 e. The van der Waals surface area contributed by atoms with Gasteiger partial charge in [-0.05, 0) is 24.6 Å². The minimum atomic E-state index is -0.129. The predicted octanol–water partition coefficient (Wildman–Crippen LogP) is 0.290. The molecule has 20 heavy (non-hydrogen) atoms. The fourth-order valence-corrected chi connectivity index (χ4v) is 2.11. The summed E-state index contributed by atoms with van der Waals surface area (Å²) < 4.78 is 0. The van der Waals surface area contributed by atoms with Crippen molar-refractivity contribution in [3.05, 3.63) is 23.8 Å². The van der Waals surface area contributed by atoms with Crippen molar-refractivity contribution in [2.45, 2.75) is 6.92 Å². The molecule has 1 aromatic carbocycles. The number of likely N-dealkylation sites (N-methyl/N-ethyl adjacent to an activating group) is 1. The van der Waals surface area contributed by atoms with Gasteiger partial charge in [0.1, 0.15) is 0 Å². The molecule has 0 aromatic heterocycles. The van der Waals surface area contributed by atoms with Gasteiger partial charge in [-0.2, -0.15) is 0 Å². The molecule has 0 saturated carbocycles. The summed E-state index contributed by atoms with van der Waals surface area (Å²) in [4.78, 5) is 27.1. The average Bonchev–Trinajstić information content (AvgIpc) is 2.38.